The van der Waals surface area contributed by atoms with E-state index >= 15 is 0 Å². The lowest BCUT2D eigenvalue weighted by Crippen LogP contribution is -2.38. The molecule has 0 heterocycles. The van der Waals surface area contributed by atoms with Crippen molar-refractivity contribution in [3.05, 3.63) is 59.7 Å². The highest BCUT2D eigenvalue weighted by Crippen LogP contribution is 2.16. The van der Waals surface area contributed by atoms with E-state index < -0.39 is 22.5 Å². The van der Waals surface area contributed by atoms with Crippen molar-refractivity contribution in [3.8, 4) is 5.75 Å². The molecular formula is C18H20F2N2O4S. The lowest BCUT2D eigenvalue weighted by atomic mass is 10.2. The molecular weight excluding hydrogens is 378 g/mol. The summed E-state index contributed by atoms with van der Waals surface area (Å²) in [7, 11) is -2.44. The molecule has 9 heteroatoms. The van der Waals surface area contributed by atoms with Crippen molar-refractivity contribution in [1.29, 1.82) is 0 Å². The van der Waals surface area contributed by atoms with E-state index in [0.29, 0.717) is 5.56 Å². The van der Waals surface area contributed by atoms with E-state index in [1.165, 1.54) is 43.4 Å². The SMILES string of the molecule is Cc1ccc(S(=O)(=O)N(C)CC(=O)NCc2ccc(OC(F)F)cc2)cc1. The van der Waals surface area contributed by atoms with Crippen LogP contribution in [0.4, 0.5) is 8.78 Å². The fourth-order valence-corrected chi connectivity index (χ4v) is 3.35. The molecule has 0 unspecified atom stereocenters. The lowest BCUT2D eigenvalue weighted by molar-refractivity contribution is -0.121. The van der Waals surface area contributed by atoms with Crippen LogP contribution < -0.4 is 10.1 Å². The average molecular weight is 398 g/mol. The minimum atomic E-state index is -3.77. The fraction of sp³-hybridized carbons (Fsp3) is 0.278. The zero-order chi connectivity index (χ0) is 20.0. The van der Waals surface area contributed by atoms with Crippen LogP contribution in [0.15, 0.2) is 53.4 Å². The number of amides is 1. The van der Waals surface area contributed by atoms with Crippen LogP contribution in [0.25, 0.3) is 0 Å². The molecule has 2 aromatic rings. The Morgan fingerprint density at radius 3 is 2.26 bits per heavy atom. The van der Waals surface area contributed by atoms with Crippen molar-refractivity contribution in [2.24, 2.45) is 0 Å². The van der Waals surface area contributed by atoms with Crippen molar-refractivity contribution in [2.75, 3.05) is 13.6 Å². The Hall–Kier alpha value is -2.52. The number of aryl methyl sites for hydroxylation is 1. The van der Waals surface area contributed by atoms with Crippen LogP contribution in [0.1, 0.15) is 11.1 Å². The Labute approximate surface area is 156 Å². The van der Waals surface area contributed by atoms with Gasteiger partial charge in [0.15, 0.2) is 0 Å². The number of halogens is 2. The molecule has 0 aliphatic rings. The van der Waals surface area contributed by atoms with E-state index in [0.717, 1.165) is 9.87 Å². The van der Waals surface area contributed by atoms with E-state index in [4.69, 9.17) is 0 Å². The first kappa shape index (κ1) is 20.8. The fourth-order valence-electron chi connectivity index (χ4n) is 2.22. The summed E-state index contributed by atoms with van der Waals surface area (Å²) >= 11 is 0. The first-order valence-electron chi connectivity index (χ1n) is 8.02. The second kappa shape index (κ2) is 8.92. The Balaban J connectivity index is 1.90. The molecule has 0 radical (unpaired) electrons. The highest BCUT2D eigenvalue weighted by molar-refractivity contribution is 7.89. The number of ether oxygens (including phenoxy) is 1. The molecule has 0 aromatic heterocycles. The topological polar surface area (TPSA) is 75.7 Å². The predicted molar refractivity (Wildman–Crippen MR) is 95.9 cm³/mol. The third-order valence-corrected chi connectivity index (χ3v) is 5.55. The van der Waals surface area contributed by atoms with Gasteiger partial charge in [-0.25, -0.2) is 8.42 Å². The van der Waals surface area contributed by atoms with Gasteiger partial charge in [0.2, 0.25) is 15.9 Å². The number of likely N-dealkylation sites (N-methyl/N-ethyl adjacent to an activating group) is 1. The van der Waals surface area contributed by atoms with Crippen LogP contribution in [0.3, 0.4) is 0 Å². The molecule has 1 amide bonds. The minimum absolute atomic E-state index is 0.0176. The summed E-state index contributed by atoms with van der Waals surface area (Å²) in [5, 5.41) is 2.59. The smallest absolute Gasteiger partial charge is 0.387 e. The first-order valence-corrected chi connectivity index (χ1v) is 9.46. The Bertz CT molecular complexity index is 869. The summed E-state index contributed by atoms with van der Waals surface area (Å²) in [6.45, 7) is -1.27. The van der Waals surface area contributed by atoms with Gasteiger partial charge in [-0.15, -0.1) is 0 Å². The summed E-state index contributed by atoms with van der Waals surface area (Å²) in [5.41, 5.74) is 1.59. The number of carbonyl (C=O) groups excluding carboxylic acids is 1. The van der Waals surface area contributed by atoms with E-state index in [-0.39, 0.29) is 23.7 Å². The zero-order valence-electron chi connectivity index (χ0n) is 14.9. The summed E-state index contributed by atoms with van der Waals surface area (Å²) in [6, 6.07) is 12.1. The maximum absolute atomic E-state index is 12.4. The largest absolute Gasteiger partial charge is 0.435 e. The van der Waals surface area contributed by atoms with Crippen molar-refractivity contribution < 1.29 is 26.7 Å². The van der Waals surface area contributed by atoms with Crippen molar-refractivity contribution in [1.82, 2.24) is 9.62 Å². The van der Waals surface area contributed by atoms with E-state index in [1.54, 1.807) is 12.1 Å². The quantitative estimate of drug-likeness (QED) is 0.742. The van der Waals surface area contributed by atoms with Gasteiger partial charge in [-0.2, -0.15) is 13.1 Å². The molecule has 0 aliphatic carbocycles. The van der Waals surface area contributed by atoms with Crippen LogP contribution in [-0.2, 0) is 21.4 Å². The maximum Gasteiger partial charge on any atom is 0.387 e. The van der Waals surface area contributed by atoms with Gasteiger partial charge in [0.25, 0.3) is 0 Å². The molecule has 6 nitrogen and oxygen atoms in total. The average Bonchev–Trinajstić information content (AvgIpc) is 2.61. The lowest BCUT2D eigenvalue weighted by Gasteiger charge is -2.17. The van der Waals surface area contributed by atoms with Crippen LogP contribution in [-0.4, -0.2) is 38.8 Å². The van der Waals surface area contributed by atoms with Crippen LogP contribution >= 0.6 is 0 Å². The molecule has 146 valence electrons. The van der Waals surface area contributed by atoms with E-state index in [1.807, 2.05) is 6.92 Å². The molecule has 2 aromatic carbocycles. The third-order valence-electron chi connectivity index (χ3n) is 3.73. The maximum atomic E-state index is 12.4. The highest BCUT2D eigenvalue weighted by atomic mass is 32.2. The van der Waals surface area contributed by atoms with E-state index in [2.05, 4.69) is 10.1 Å². The van der Waals surface area contributed by atoms with Crippen LogP contribution in [0.2, 0.25) is 0 Å². The predicted octanol–water partition coefficient (Wildman–Crippen LogP) is 2.53. The monoisotopic (exact) mass is 398 g/mol. The third kappa shape index (κ3) is 6.00. The molecule has 0 atom stereocenters. The molecule has 2 rings (SSSR count). The van der Waals surface area contributed by atoms with Crippen molar-refractivity contribution >= 4 is 15.9 Å². The standard InChI is InChI=1S/C18H20F2N2O4S/c1-13-3-9-16(10-4-13)27(24,25)22(2)12-17(23)21-11-14-5-7-15(8-6-14)26-18(19)20/h3-10,18H,11-12H2,1-2H3,(H,21,23). The molecule has 1 N–H and O–H groups in total. The number of nitrogens with one attached hydrogen (secondary N) is 1. The Morgan fingerprint density at radius 1 is 1.11 bits per heavy atom. The molecule has 0 saturated carbocycles. The first-order chi connectivity index (χ1) is 12.7. The van der Waals surface area contributed by atoms with Crippen molar-refractivity contribution in [3.63, 3.8) is 0 Å². The molecule has 0 fully saturated rings. The number of rotatable bonds is 8. The van der Waals surface area contributed by atoms with Crippen molar-refractivity contribution in [2.45, 2.75) is 25.0 Å². The van der Waals surface area contributed by atoms with Crippen LogP contribution in [0.5, 0.6) is 5.75 Å². The number of hydrogen-bond donors (Lipinski definition) is 1. The van der Waals surface area contributed by atoms with Gasteiger partial charge < -0.3 is 10.1 Å². The van der Waals surface area contributed by atoms with Gasteiger partial charge in [-0.1, -0.05) is 29.8 Å². The van der Waals surface area contributed by atoms with Gasteiger partial charge in [-0.3, -0.25) is 4.79 Å². The summed E-state index contributed by atoms with van der Waals surface area (Å²) in [4.78, 5) is 12.1. The molecule has 0 bridgehead atoms. The minimum Gasteiger partial charge on any atom is -0.435 e. The number of sulfonamides is 1. The van der Waals surface area contributed by atoms with Gasteiger partial charge >= 0.3 is 6.61 Å². The molecule has 0 spiro atoms. The van der Waals surface area contributed by atoms with Gasteiger partial charge in [0, 0.05) is 13.6 Å². The number of nitrogens with zero attached hydrogens (tertiary/aromatic N) is 1. The number of carbonyl (C=O) groups is 1. The normalized spacial score (nSPS) is 11.6. The van der Waals surface area contributed by atoms with Gasteiger partial charge in [0.05, 0.1) is 11.4 Å². The second-order valence-electron chi connectivity index (χ2n) is 5.87. The summed E-state index contributed by atoms with van der Waals surface area (Å²) in [6.07, 6.45) is 0. The van der Waals surface area contributed by atoms with Crippen LogP contribution in [0, 0.1) is 6.92 Å². The van der Waals surface area contributed by atoms with E-state index in [9.17, 15) is 22.0 Å². The van der Waals surface area contributed by atoms with Gasteiger partial charge in [0.1, 0.15) is 5.75 Å². The molecule has 27 heavy (non-hydrogen) atoms. The Kier molecular flexibility index (Phi) is 6.86. The Morgan fingerprint density at radius 2 is 1.70 bits per heavy atom. The number of hydrogen-bond acceptors (Lipinski definition) is 4. The number of benzene rings is 2. The second-order valence-corrected chi connectivity index (χ2v) is 7.92. The number of alkyl halides is 2. The highest BCUT2D eigenvalue weighted by Gasteiger charge is 2.22. The zero-order valence-corrected chi connectivity index (χ0v) is 15.7. The summed E-state index contributed by atoms with van der Waals surface area (Å²) in [5.74, 6) is -0.468. The molecule has 0 aliphatic heterocycles. The van der Waals surface area contributed by atoms with Gasteiger partial charge in [-0.05, 0) is 36.8 Å². The summed E-state index contributed by atoms with van der Waals surface area (Å²) < 4.78 is 54.3. The molecule has 0 saturated heterocycles.